The molecule has 2 heterocycles. The Labute approximate surface area is 120 Å². The second-order valence-electron chi connectivity index (χ2n) is 4.85. The minimum atomic E-state index is -1.09. The Hall–Kier alpha value is -1.67. The molecule has 2 rings (SSSR count). The van der Waals surface area contributed by atoms with Gasteiger partial charge in [-0.2, -0.15) is 0 Å². The van der Waals surface area contributed by atoms with Gasteiger partial charge in [0.2, 0.25) is 0 Å². The molecule has 3 N–H and O–H groups in total. The molecule has 1 fully saturated rings. The molecular formula is C12H17N3O4S. The molecule has 0 saturated carbocycles. The summed E-state index contributed by atoms with van der Waals surface area (Å²) in [5.41, 5.74) is 0. The quantitative estimate of drug-likeness (QED) is 0.750. The van der Waals surface area contributed by atoms with E-state index < -0.39 is 24.1 Å². The molecule has 20 heavy (non-hydrogen) atoms. The maximum absolute atomic E-state index is 12.0. The van der Waals surface area contributed by atoms with Crippen LogP contribution >= 0.6 is 11.3 Å². The molecule has 7 nitrogen and oxygen atoms in total. The number of β-amino-alcohol motifs (C(OH)–C–C–N with tert-alkyl or cyclic N) is 1. The van der Waals surface area contributed by atoms with Crippen LogP contribution in [0, 0.1) is 0 Å². The third-order valence-corrected chi connectivity index (χ3v) is 4.26. The normalized spacial score (nSPS) is 23.6. The summed E-state index contributed by atoms with van der Waals surface area (Å²) in [7, 11) is 0. The van der Waals surface area contributed by atoms with Gasteiger partial charge >= 0.3 is 12.0 Å². The topological polar surface area (TPSA) is 103 Å². The number of rotatable bonds is 4. The zero-order chi connectivity index (χ0) is 14.7. The van der Waals surface area contributed by atoms with Crippen molar-refractivity contribution < 1.29 is 19.8 Å². The number of aliphatic carboxylic acids is 1. The average Bonchev–Trinajstić information content (AvgIpc) is 3.04. The summed E-state index contributed by atoms with van der Waals surface area (Å²) in [6.07, 6.45) is 0.999. The molecule has 0 aromatic carbocycles. The lowest BCUT2D eigenvalue weighted by Crippen LogP contribution is -2.46. The Balaban J connectivity index is 1.89. The zero-order valence-electron chi connectivity index (χ0n) is 11.0. The Kier molecular flexibility index (Phi) is 4.56. The molecule has 3 atom stereocenters. The number of carboxylic acid groups (broad SMARTS) is 1. The standard InChI is InChI=1S/C12H17N3O4S/c1-7(10-13-2-3-20-10)5-14-12(19)15-6-8(16)4-9(15)11(17)18/h2-3,7-9,16H,4-6H2,1H3,(H,14,19)(H,17,18). The number of amides is 2. The largest absolute Gasteiger partial charge is 0.480 e. The number of carbonyl (C=O) groups is 2. The number of aliphatic hydroxyl groups is 1. The second kappa shape index (κ2) is 6.19. The highest BCUT2D eigenvalue weighted by molar-refractivity contribution is 7.09. The maximum Gasteiger partial charge on any atom is 0.326 e. The van der Waals surface area contributed by atoms with Crippen molar-refractivity contribution in [2.75, 3.05) is 13.1 Å². The maximum atomic E-state index is 12.0. The number of carbonyl (C=O) groups excluding carboxylic acids is 1. The molecule has 2 amide bonds. The molecular weight excluding hydrogens is 282 g/mol. The van der Waals surface area contributed by atoms with E-state index in [1.807, 2.05) is 12.3 Å². The molecule has 1 aromatic rings. The first-order chi connectivity index (χ1) is 9.49. The van der Waals surface area contributed by atoms with Crippen molar-refractivity contribution in [2.45, 2.75) is 31.4 Å². The first-order valence-electron chi connectivity index (χ1n) is 6.33. The van der Waals surface area contributed by atoms with Crippen molar-refractivity contribution in [1.29, 1.82) is 0 Å². The van der Waals surface area contributed by atoms with Crippen molar-refractivity contribution in [2.24, 2.45) is 0 Å². The number of nitrogens with one attached hydrogen (secondary N) is 1. The Morgan fingerprint density at radius 3 is 3.00 bits per heavy atom. The molecule has 1 aliphatic heterocycles. The number of likely N-dealkylation sites (tertiary alicyclic amines) is 1. The molecule has 0 spiro atoms. The van der Waals surface area contributed by atoms with Gasteiger partial charge in [-0.3, -0.25) is 0 Å². The molecule has 3 unspecified atom stereocenters. The summed E-state index contributed by atoms with van der Waals surface area (Å²) in [4.78, 5) is 28.4. The summed E-state index contributed by atoms with van der Waals surface area (Å²) in [5, 5.41) is 24.0. The minimum absolute atomic E-state index is 0.0500. The molecule has 0 radical (unpaired) electrons. The number of aliphatic hydroxyl groups excluding tert-OH is 1. The molecule has 0 aliphatic carbocycles. The van der Waals surface area contributed by atoms with Gasteiger partial charge in [-0.25, -0.2) is 14.6 Å². The summed E-state index contributed by atoms with van der Waals surface area (Å²) in [6, 6.07) is -1.42. The number of urea groups is 1. The van der Waals surface area contributed by atoms with Gasteiger partial charge in [0.25, 0.3) is 0 Å². The summed E-state index contributed by atoms with van der Waals surface area (Å²) < 4.78 is 0. The highest BCUT2D eigenvalue weighted by Crippen LogP contribution is 2.19. The van der Waals surface area contributed by atoms with Crippen LogP contribution < -0.4 is 5.32 Å². The lowest BCUT2D eigenvalue weighted by molar-refractivity contribution is -0.141. The van der Waals surface area contributed by atoms with Gasteiger partial charge in [-0.1, -0.05) is 6.92 Å². The molecule has 110 valence electrons. The van der Waals surface area contributed by atoms with Crippen LogP contribution in [0.5, 0.6) is 0 Å². The SMILES string of the molecule is CC(CNC(=O)N1CC(O)CC1C(=O)O)c1nccs1. The number of thiazole rings is 1. The predicted octanol–water partition coefficient (Wildman–Crippen LogP) is 0.476. The van der Waals surface area contributed by atoms with Crippen LogP contribution in [0.3, 0.4) is 0 Å². The zero-order valence-corrected chi connectivity index (χ0v) is 11.8. The molecule has 8 heteroatoms. The van der Waals surface area contributed by atoms with Crippen LogP contribution in [0.15, 0.2) is 11.6 Å². The first kappa shape index (κ1) is 14.7. The van der Waals surface area contributed by atoms with E-state index in [1.54, 1.807) is 6.20 Å². The Bertz CT molecular complexity index is 479. The van der Waals surface area contributed by atoms with Crippen molar-refractivity contribution in [1.82, 2.24) is 15.2 Å². The van der Waals surface area contributed by atoms with E-state index in [4.69, 9.17) is 5.11 Å². The number of hydrogen-bond donors (Lipinski definition) is 3. The van der Waals surface area contributed by atoms with Crippen molar-refractivity contribution in [3.63, 3.8) is 0 Å². The molecule has 1 saturated heterocycles. The van der Waals surface area contributed by atoms with Crippen LogP contribution in [-0.4, -0.2) is 57.3 Å². The smallest absolute Gasteiger partial charge is 0.326 e. The van der Waals surface area contributed by atoms with Crippen LogP contribution in [0.4, 0.5) is 4.79 Å². The Morgan fingerprint density at radius 2 is 2.40 bits per heavy atom. The molecule has 1 aromatic heterocycles. The third kappa shape index (κ3) is 3.26. The van der Waals surface area contributed by atoms with E-state index >= 15 is 0 Å². The number of carboxylic acids is 1. The van der Waals surface area contributed by atoms with Gasteiger partial charge in [0.05, 0.1) is 11.1 Å². The molecule has 1 aliphatic rings. The average molecular weight is 299 g/mol. The number of aromatic nitrogens is 1. The van der Waals surface area contributed by atoms with Gasteiger partial charge in [0.1, 0.15) is 6.04 Å². The summed E-state index contributed by atoms with van der Waals surface area (Å²) >= 11 is 1.51. The fraction of sp³-hybridized carbons (Fsp3) is 0.583. The lowest BCUT2D eigenvalue weighted by atomic mass is 10.2. The van der Waals surface area contributed by atoms with E-state index in [1.165, 1.54) is 16.2 Å². The number of hydrogen-bond acceptors (Lipinski definition) is 5. The summed E-state index contributed by atoms with van der Waals surface area (Å²) in [5.74, 6) is -1.03. The van der Waals surface area contributed by atoms with Gasteiger partial charge in [0.15, 0.2) is 0 Å². The van der Waals surface area contributed by atoms with E-state index in [0.717, 1.165) is 5.01 Å². The third-order valence-electron chi connectivity index (χ3n) is 3.26. The van der Waals surface area contributed by atoms with Gasteiger partial charge < -0.3 is 20.4 Å². The highest BCUT2D eigenvalue weighted by Gasteiger charge is 2.38. The van der Waals surface area contributed by atoms with Crippen molar-refractivity contribution in [3.8, 4) is 0 Å². The lowest BCUT2D eigenvalue weighted by Gasteiger charge is -2.22. The fourth-order valence-electron chi connectivity index (χ4n) is 2.18. The fourth-order valence-corrected chi connectivity index (χ4v) is 2.88. The van der Waals surface area contributed by atoms with E-state index in [0.29, 0.717) is 6.54 Å². The van der Waals surface area contributed by atoms with Gasteiger partial charge in [-0.05, 0) is 0 Å². The highest BCUT2D eigenvalue weighted by atomic mass is 32.1. The van der Waals surface area contributed by atoms with Gasteiger partial charge in [-0.15, -0.1) is 11.3 Å². The second-order valence-corrected chi connectivity index (χ2v) is 5.78. The molecule has 0 bridgehead atoms. The van der Waals surface area contributed by atoms with Crippen LogP contribution in [-0.2, 0) is 4.79 Å². The number of nitrogens with zero attached hydrogens (tertiary/aromatic N) is 2. The van der Waals surface area contributed by atoms with E-state index in [-0.39, 0.29) is 18.9 Å². The first-order valence-corrected chi connectivity index (χ1v) is 7.21. The predicted molar refractivity (Wildman–Crippen MR) is 72.7 cm³/mol. The summed E-state index contributed by atoms with van der Waals surface area (Å²) in [6.45, 7) is 2.37. The Morgan fingerprint density at radius 1 is 1.65 bits per heavy atom. The van der Waals surface area contributed by atoms with Gasteiger partial charge in [0, 0.05) is 37.0 Å². The van der Waals surface area contributed by atoms with E-state index in [2.05, 4.69) is 10.3 Å². The van der Waals surface area contributed by atoms with E-state index in [9.17, 15) is 14.7 Å². The minimum Gasteiger partial charge on any atom is -0.480 e. The van der Waals surface area contributed by atoms with Crippen molar-refractivity contribution >= 4 is 23.3 Å². The van der Waals surface area contributed by atoms with Crippen LogP contribution in [0.2, 0.25) is 0 Å². The van der Waals surface area contributed by atoms with Crippen LogP contribution in [0.25, 0.3) is 0 Å². The van der Waals surface area contributed by atoms with Crippen molar-refractivity contribution in [3.05, 3.63) is 16.6 Å². The van der Waals surface area contributed by atoms with Crippen LogP contribution in [0.1, 0.15) is 24.3 Å². The monoisotopic (exact) mass is 299 g/mol.